The largest absolute Gasteiger partial charge is 0.383 e. The van der Waals surface area contributed by atoms with E-state index < -0.39 is 18.2 Å². The molecule has 1 aromatic carbocycles. The Hall–Kier alpha value is -2.74. The predicted molar refractivity (Wildman–Crippen MR) is 103 cm³/mol. The van der Waals surface area contributed by atoms with Crippen LogP contribution in [0.25, 0.3) is 0 Å². The first-order chi connectivity index (χ1) is 12.9. The molecule has 3 aliphatic heterocycles. The average Bonchev–Trinajstić information content (AvgIpc) is 3.12. The van der Waals surface area contributed by atoms with Crippen LogP contribution >= 0.6 is 11.6 Å². The van der Waals surface area contributed by atoms with Crippen LogP contribution in [0.4, 0.5) is 10.5 Å². The van der Waals surface area contributed by atoms with Crippen molar-refractivity contribution in [3.8, 4) is 0 Å². The van der Waals surface area contributed by atoms with Crippen molar-refractivity contribution in [2.45, 2.75) is 26.1 Å². The fourth-order valence-corrected chi connectivity index (χ4v) is 3.72. The van der Waals surface area contributed by atoms with Gasteiger partial charge >= 0.3 is 6.03 Å². The van der Waals surface area contributed by atoms with Gasteiger partial charge in [0.1, 0.15) is 0 Å². The van der Waals surface area contributed by atoms with Crippen molar-refractivity contribution in [2.24, 2.45) is 4.99 Å². The Morgan fingerprint density at radius 2 is 2.07 bits per heavy atom. The number of anilines is 1. The number of rotatable bonds is 4. The number of aliphatic imine (C=N–C) groups is 1. The first-order valence-corrected chi connectivity index (χ1v) is 9.14. The number of urea groups is 1. The minimum atomic E-state index is -0.522. The van der Waals surface area contributed by atoms with E-state index in [0.717, 1.165) is 22.0 Å². The number of carbonyl (C=O) groups is 2. The third-order valence-electron chi connectivity index (χ3n) is 5.11. The third-order valence-corrected chi connectivity index (χ3v) is 5.51. The molecule has 0 aromatic heterocycles. The highest BCUT2D eigenvalue weighted by Crippen LogP contribution is 2.31. The maximum Gasteiger partial charge on any atom is 0.325 e. The smallest absolute Gasteiger partial charge is 0.325 e. The standard InChI is InChI=1S/C18H21ClN6O2/c1-10-4-5-12(8-13(10)19)20-6-7-24-11(2)9-25-14-15(21-17(24)25)23(3)18(27)22-16(14)26/h4-5,8-9,14-15,20H,6-7H2,1-3H3,(H,22,26,27). The van der Waals surface area contributed by atoms with Crippen molar-refractivity contribution >= 4 is 35.2 Å². The van der Waals surface area contributed by atoms with Crippen molar-refractivity contribution in [1.29, 1.82) is 0 Å². The number of allylic oxidation sites excluding steroid dienone is 1. The van der Waals surface area contributed by atoms with Crippen LogP contribution in [0.5, 0.6) is 0 Å². The number of nitrogens with one attached hydrogen (secondary N) is 2. The molecule has 2 N–H and O–H groups in total. The molecule has 142 valence electrons. The normalized spacial score (nSPS) is 23.8. The summed E-state index contributed by atoms with van der Waals surface area (Å²) in [5, 5.41) is 6.46. The predicted octanol–water partition coefficient (Wildman–Crippen LogP) is 1.79. The molecule has 2 atom stereocenters. The number of guanidine groups is 1. The van der Waals surface area contributed by atoms with E-state index in [1.807, 2.05) is 48.0 Å². The van der Waals surface area contributed by atoms with Crippen molar-refractivity contribution in [3.63, 3.8) is 0 Å². The van der Waals surface area contributed by atoms with Gasteiger partial charge < -0.3 is 20.0 Å². The Morgan fingerprint density at radius 1 is 1.30 bits per heavy atom. The van der Waals surface area contributed by atoms with Crippen molar-refractivity contribution in [3.05, 3.63) is 40.7 Å². The van der Waals surface area contributed by atoms with Gasteiger partial charge in [-0.3, -0.25) is 10.1 Å². The lowest BCUT2D eigenvalue weighted by atomic mass is 10.1. The molecular formula is C18H21ClN6O2. The Kier molecular flexibility index (Phi) is 4.22. The molecule has 0 aliphatic carbocycles. The summed E-state index contributed by atoms with van der Waals surface area (Å²) in [4.78, 5) is 34.2. The number of nitrogens with zero attached hydrogens (tertiary/aromatic N) is 4. The Labute approximate surface area is 162 Å². The number of halogens is 1. The maximum atomic E-state index is 12.3. The number of carbonyl (C=O) groups excluding carboxylic acids is 2. The van der Waals surface area contributed by atoms with Gasteiger partial charge in [-0.15, -0.1) is 0 Å². The lowest BCUT2D eigenvalue weighted by Crippen LogP contribution is -2.62. The van der Waals surface area contributed by atoms with Crippen LogP contribution in [0.2, 0.25) is 5.02 Å². The van der Waals surface area contributed by atoms with Crippen LogP contribution in [-0.4, -0.2) is 64.9 Å². The number of likely N-dealkylation sites (N-methyl/N-ethyl adjacent to an activating group) is 1. The molecule has 1 aromatic rings. The number of imide groups is 1. The highest BCUT2D eigenvalue weighted by Gasteiger charge is 2.51. The maximum absolute atomic E-state index is 12.3. The fraction of sp³-hybridized carbons (Fsp3) is 0.389. The molecule has 9 heteroatoms. The van der Waals surface area contributed by atoms with Crippen molar-refractivity contribution in [1.82, 2.24) is 20.0 Å². The lowest BCUT2D eigenvalue weighted by molar-refractivity contribution is -0.126. The molecule has 2 unspecified atom stereocenters. The van der Waals surface area contributed by atoms with E-state index in [2.05, 4.69) is 15.6 Å². The highest BCUT2D eigenvalue weighted by atomic mass is 35.5. The molecule has 8 nitrogen and oxygen atoms in total. The molecule has 1 saturated heterocycles. The second-order valence-corrected chi connectivity index (χ2v) is 7.32. The average molecular weight is 389 g/mol. The van der Waals surface area contributed by atoms with Gasteiger partial charge in [0.2, 0.25) is 5.96 Å². The molecule has 0 radical (unpaired) electrons. The SMILES string of the molecule is CC1=CN2C(=NC3C2C(=O)NC(=O)N3C)N1CCNc1ccc(C)c(Cl)c1. The van der Waals surface area contributed by atoms with Gasteiger partial charge in [0.15, 0.2) is 12.2 Å². The van der Waals surface area contributed by atoms with E-state index in [4.69, 9.17) is 11.6 Å². The summed E-state index contributed by atoms with van der Waals surface area (Å²) in [6.45, 7) is 5.29. The van der Waals surface area contributed by atoms with Crippen LogP contribution in [0, 0.1) is 6.92 Å². The number of aryl methyl sites for hydroxylation is 1. The van der Waals surface area contributed by atoms with E-state index in [1.165, 1.54) is 4.90 Å². The van der Waals surface area contributed by atoms with Crippen LogP contribution in [0.15, 0.2) is 35.1 Å². The van der Waals surface area contributed by atoms with Crippen LogP contribution in [-0.2, 0) is 4.79 Å². The van der Waals surface area contributed by atoms with Gasteiger partial charge in [-0.05, 0) is 31.5 Å². The number of benzene rings is 1. The molecule has 0 saturated carbocycles. The molecule has 0 bridgehead atoms. The second kappa shape index (κ2) is 6.45. The third kappa shape index (κ3) is 2.90. The van der Waals surface area contributed by atoms with Gasteiger partial charge in [-0.2, -0.15) is 0 Å². The number of hydrogen-bond donors (Lipinski definition) is 2. The van der Waals surface area contributed by atoms with E-state index in [9.17, 15) is 9.59 Å². The summed E-state index contributed by atoms with van der Waals surface area (Å²) in [5.41, 5.74) is 2.99. The zero-order valence-electron chi connectivity index (χ0n) is 15.4. The lowest BCUT2D eigenvalue weighted by Gasteiger charge is -2.34. The van der Waals surface area contributed by atoms with E-state index in [-0.39, 0.29) is 5.91 Å². The van der Waals surface area contributed by atoms with E-state index in [1.54, 1.807) is 7.05 Å². The minimum Gasteiger partial charge on any atom is -0.383 e. The van der Waals surface area contributed by atoms with E-state index >= 15 is 0 Å². The van der Waals surface area contributed by atoms with Gasteiger partial charge in [0.25, 0.3) is 5.91 Å². The molecule has 1 fully saturated rings. The summed E-state index contributed by atoms with van der Waals surface area (Å²) in [6, 6.07) is 4.93. The number of amides is 3. The van der Waals surface area contributed by atoms with Gasteiger partial charge in [-0.25, -0.2) is 9.79 Å². The minimum absolute atomic E-state index is 0.319. The number of fused-ring (bicyclic) bond motifs is 3. The first-order valence-electron chi connectivity index (χ1n) is 8.76. The Bertz CT molecular complexity index is 883. The summed E-state index contributed by atoms with van der Waals surface area (Å²) < 4.78 is 0. The van der Waals surface area contributed by atoms with E-state index in [0.29, 0.717) is 19.0 Å². The summed E-state index contributed by atoms with van der Waals surface area (Å²) in [7, 11) is 1.65. The van der Waals surface area contributed by atoms with Crippen LogP contribution in [0.1, 0.15) is 12.5 Å². The Morgan fingerprint density at radius 3 is 2.81 bits per heavy atom. The molecule has 3 heterocycles. The molecule has 3 amide bonds. The zero-order valence-corrected chi connectivity index (χ0v) is 16.1. The topological polar surface area (TPSA) is 80.3 Å². The summed E-state index contributed by atoms with van der Waals surface area (Å²) >= 11 is 6.17. The molecule has 27 heavy (non-hydrogen) atoms. The first kappa shape index (κ1) is 17.7. The fourth-order valence-electron chi connectivity index (χ4n) is 3.54. The monoisotopic (exact) mass is 388 g/mol. The van der Waals surface area contributed by atoms with Crippen molar-refractivity contribution < 1.29 is 9.59 Å². The summed E-state index contributed by atoms with van der Waals surface area (Å²) in [5.74, 6) is 0.378. The highest BCUT2D eigenvalue weighted by molar-refractivity contribution is 6.31. The molecule has 4 rings (SSSR count). The zero-order chi connectivity index (χ0) is 19.3. The Balaban J connectivity index is 1.46. The quantitative estimate of drug-likeness (QED) is 0.822. The second-order valence-electron chi connectivity index (χ2n) is 6.91. The summed E-state index contributed by atoms with van der Waals surface area (Å²) in [6.07, 6.45) is 1.41. The van der Waals surface area contributed by atoms with Gasteiger partial charge in [-0.1, -0.05) is 17.7 Å². The van der Waals surface area contributed by atoms with Crippen LogP contribution in [0.3, 0.4) is 0 Å². The molecule has 3 aliphatic rings. The van der Waals surface area contributed by atoms with Gasteiger partial charge in [0.05, 0.1) is 0 Å². The molecule has 0 spiro atoms. The number of hydrogen-bond acceptors (Lipinski definition) is 6. The van der Waals surface area contributed by atoms with Crippen molar-refractivity contribution in [2.75, 3.05) is 25.5 Å². The molecular weight excluding hydrogens is 368 g/mol. The van der Waals surface area contributed by atoms with Gasteiger partial charge in [0, 0.05) is 42.7 Å². The van der Waals surface area contributed by atoms with Crippen LogP contribution < -0.4 is 10.6 Å².